The summed E-state index contributed by atoms with van der Waals surface area (Å²) in [7, 11) is 7.20. The number of unbranched alkanes of at least 4 members (excludes halogenated alkanes) is 2. The summed E-state index contributed by atoms with van der Waals surface area (Å²) in [6.07, 6.45) is -8.70. The van der Waals surface area contributed by atoms with Crippen LogP contribution in [0.3, 0.4) is 0 Å². The van der Waals surface area contributed by atoms with E-state index in [1.165, 1.54) is 54.9 Å². The van der Waals surface area contributed by atoms with E-state index in [4.69, 9.17) is 74.7 Å². The molecule has 48 heteroatoms. The van der Waals surface area contributed by atoms with E-state index >= 15 is 0 Å². The molecule has 119 heavy (non-hydrogen) atoms. The van der Waals surface area contributed by atoms with Crippen LogP contribution in [0.15, 0.2) is 4.99 Å². The molecule has 700 valence electrons. The second-order valence-electron chi connectivity index (χ2n) is 26.2. The van der Waals surface area contributed by atoms with Crippen molar-refractivity contribution in [3.05, 3.63) is 0 Å². The van der Waals surface area contributed by atoms with Crippen molar-refractivity contribution in [2.45, 2.75) is 199 Å². The monoisotopic (exact) mass is 1810 g/mol. The zero-order chi connectivity index (χ0) is 92.6. The van der Waals surface area contributed by atoms with Crippen molar-refractivity contribution in [1.82, 2.24) is 5.32 Å². The molecule has 0 aromatic heterocycles. The topological polar surface area (TPSA) is 383 Å². The van der Waals surface area contributed by atoms with E-state index in [9.17, 15) is 118 Å². The van der Waals surface area contributed by atoms with Crippen LogP contribution < -0.4 is 5.32 Å². The summed E-state index contributed by atoms with van der Waals surface area (Å²) >= 11 is 0. The molecule has 0 radical (unpaired) electrons. The molecule has 0 aromatic rings. The number of methoxy groups -OCH3 is 2. The number of esters is 8. The van der Waals surface area contributed by atoms with Crippen molar-refractivity contribution in [1.29, 1.82) is 0 Å². The summed E-state index contributed by atoms with van der Waals surface area (Å²) in [5.41, 5.74) is 0. The Hall–Kier alpha value is -6.48. The van der Waals surface area contributed by atoms with Crippen molar-refractivity contribution < 1.29 is 202 Å². The minimum absolute atomic E-state index is 0.00969. The Bertz CT molecular complexity index is 2900. The predicted molar refractivity (Wildman–Crippen MR) is 389 cm³/mol. The number of ether oxygens (including phenoxy) is 10. The smallest absolute Gasteiger partial charge is 0.465 e. The van der Waals surface area contributed by atoms with E-state index in [2.05, 4.69) is 19.8 Å². The van der Waals surface area contributed by atoms with E-state index in [-0.39, 0.29) is 77.8 Å². The lowest BCUT2D eigenvalue weighted by molar-refractivity contribution is -0.344. The fourth-order valence-electron chi connectivity index (χ4n) is 10.2. The third-order valence-electron chi connectivity index (χ3n) is 17.4. The number of rotatable bonds is 62. The van der Waals surface area contributed by atoms with Gasteiger partial charge in [0.1, 0.15) is 26.4 Å². The molecule has 0 aliphatic rings. The predicted octanol–water partition coefficient (Wildman–Crippen LogP) is 10.6. The van der Waals surface area contributed by atoms with Gasteiger partial charge in [-0.15, -0.1) is 0 Å². The molecule has 0 aromatic carbocycles. The summed E-state index contributed by atoms with van der Waals surface area (Å²) in [6, 6.07) is 1.36. The number of carbonyl (C=O) groups is 9. The highest BCUT2D eigenvalue weighted by molar-refractivity contribution is 6.60. The van der Waals surface area contributed by atoms with E-state index < -0.39 is 220 Å². The maximum atomic E-state index is 14.2. The molecule has 1 amide bonds. The lowest BCUT2D eigenvalue weighted by Crippen LogP contribution is -2.59. The molecule has 0 aliphatic heterocycles. The number of carbonyl (C=O) groups excluding carboxylic acids is 10. The van der Waals surface area contributed by atoms with Gasteiger partial charge in [0.05, 0.1) is 93.5 Å². The van der Waals surface area contributed by atoms with E-state index in [0.717, 1.165) is 6.42 Å². The van der Waals surface area contributed by atoms with Gasteiger partial charge >= 0.3 is 114 Å². The number of alkyl halides is 16. The third kappa shape index (κ3) is 43.9. The highest BCUT2D eigenvalue weighted by Gasteiger charge is 2.77. The molecule has 0 aliphatic carbocycles. The van der Waals surface area contributed by atoms with Crippen molar-refractivity contribution in [2.75, 3.05) is 149 Å². The fourth-order valence-corrected chi connectivity index (χ4v) is 13.6. The number of hydrogen-bond acceptors (Lipinski definition) is 29. The van der Waals surface area contributed by atoms with Crippen molar-refractivity contribution >= 4 is 77.4 Å². The summed E-state index contributed by atoms with van der Waals surface area (Å²) in [6.45, 7) is 3.80. The molecular formula is C71H118F16N2O28Si2. The lowest BCUT2D eigenvalue weighted by atomic mass is 9.82. The highest BCUT2D eigenvalue weighted by Crippen LogP contribution is 2.50. The van der Waals surface area contributed by atoms with E-state index in [1.807, 2.05) is 0 Å². The average Bonchev–Trinajstić information content (AvgIpc) is 0.766. The number of halogens is 16. The van der Waals surface area contributed by atoms with Crippen molar-refractivity contribution in [2.24, 2.45) is 52.3 Å². The normalized spacial score (nSPS) is 14.2. The number of nitrogens with zero attached hydrogens (tertiary/aromatic N) is 1. The Morgan fingerprint density at radius 1 is 0.395 bits per heavy atom. The van der Waals surface area contributed by atoms with Gasteiger partial charge in [0, 0.05) is 82.4 Å². The van der Waals surface area contributed by atoms with E-state index in [0.29, 0.717) is 57.3 Å². The van der Waals surface area contributed by atoms with Crippen molar-refractivity contribution in [3.63, 3.8) is 0 Å². The SMILES string of the molecule is CCCCOC(=O)C(CC(C)C(=O)OCCO)CC(CC(CC)C(=O)OCCO)C(=O)OCC(F)(F)C(F)(F)C(F)(F)C(F)F.CCCCOC(=O)C(CC(C)C(=O)OCCOC)CC(CC(CC)C(=O)OCCOC)C(=O)OCC(F)(F)C(F)(F)C(F)(F)C(F)F.CO[Si](CCCN=C=O)(OC)OC.CO[Si](CCCNC(C)=O)(OC)OC. The molecule has 0 spiro atoms. The van der Waals surface area contributed by atoms with Crippen LogP contribution in [0.2, 0.25) is 12.1 Å². The second kappa shape index (κ2) is 62.6. The Morgan fingerprint density at radius 2 is 0.681 bits per heavy atom. The number of hydrogen-bond donors (Lipinski definition) is 3. The number of aliphatic hydroxyl groups is 2. The third-order valence-corrected chi connectivity index (χ3v) is 23.0. The van der Waals surface area contributed by atoms with Gasteiger partial charge in [-0.2, -0.15) is 52.7 Å². The Labute approximate surface area is 683 Å². The first-order chi connectivity index (χ1) is 55.5. The van der Waals surface area contributed by atoms with Gasteiger partial charge in [0.2, 0.25) is 12.0 Å². The lowest BCUT2D eigenvalue weighted by Gasteiger charge is -2.32. The number of nitrogens with one attached hydrogen (secondary N) is 1. The zero-order valence-corrected chi connectivity index (χ0v) is 71.5. The van der Waals surface area contributed by atoms with Crippen LogP contribution in [0.1, 0.15) is 138 Å². The van der Waals surface area contributed by atoms with Crippen LogP contribution in [0.4, 0.5) is 70.2 Å². The molecule has 0 bridgehead atoms. The second-order valence-corrected chi connectivity index (χ2v) is 32.4. The summed E-state index contributed by atoms with van der Waals surface area (Å²) in [5, 5.41) is 20.5. The Morgan fingerprint density at radius 3 is 0.975 bits per heavy atom. The molecule has 0 saturated heterocycles. The van der Waals surface area contributed by atoms with Crippen molar-refractivity contribution in [3.8, 4) is 0 Å². The zero-order valence-electron chi connectivity index (χ0n) is 69.5. The first-order valence-corrected chi connectivity index (χ1v) is 41.3. The minimum Gasteiger partial charge on any atom is -0.465 e. The van der Waals surface area contributed by atoms with Crippen LogP contribution in [0, 0.1) is 47.3 Å². The first-order valence-electron chi connectivity index (χ1n) is 37.5. The molecule has 0 heterocycles. The van der Waals surface area contributed by atoms with Gasteiger partial charge in [-0.25, -0.2) is 27.3 Å². The van der Waals surface area contributed by atoms with Gasteiger partial charge in [-0.1, -0.05) is 54.4 Å². The maximum Gasteiger partial charge on any atom is 0.500 e. The number of aliphatic hydroxyl groups excluding tert-OH is 2. The van der Waals surface area contributed by atoms with Crippen LogP contribution in [-0.2, 0) is 122 Å². The fraction of sp³-hybridized carbons (Fsp3) is 0.859. The number of amides is 1. The molecule has 8 unspecified atom stereocenters. The highest BCUT2D eigenvalue weighted by atomic mass is 28.4. The van der Waals surface area contributed by atoms with Crippen LogP contribution in [-0.4, -0.2) is 285 Å². The average molecular weight is 1810 g/mol. The van der Waals surface area contributed by atoms with Crippen LogP contribution in [0.5, 0.6) is 0 Å². The molecule has 0 fully saturated rings. The van der Waals surface area contributed by atoms with E-state index in [1.54, 1.807) is 56.5 Å². The van der Waals surface area contributed by atoms with Gasteiger partial charge in [-0.05, 0) is 77.0 Å². The molecule has 3 N–H and O–H groups in total. The maximum absolute atomic E-state index is 14.2. The standard InChI is InChI=1S/C29H44F8O10.C27H40F8O10.C8H19NO4Si.C7H15NO4Si/c1-6-8-9-44-24(40)20(14-18(3)22(38)45-12-10-42-4)16-21(15-19(7-2)23(39)46-13-11-43-5)25(41)47-17-27(32,33)29(36,37)28(34,35)26(30)31;1-4-6-9-42-22(40)18(12-16(3)20(38)43-10-7-36)14-19(13-17(5-2)21(39)44-11-8-37)23(41)45-15-25(30,31)27(34,35)26(32,33)24(28)29;1-8(10)9-6-5-7-14(11-2,12-3)13-4;1-10-13(11-2,12-3)6-4-5-8-7-9/h18-21,26H,6-17H2,1-5H3;16-19,24,36-37H,4-15H2,1-3H3;5-7H2,1-4H3,(H,9,10);4-6H2,1-3H3. The van der Waals surface area contributed by atoms with Gasteiger partial charge in [-0.3, -0.25) is 43.2 Å². The molecule has 0 saturated carbocycles. The molecule has 30 nitrogen and oxygen atoms in total. The van der Waals surface area contributed by atoms with Crippen LogP contribution >= 0.6 is 0 Å². The molecule has 0 rings (SSSR count). The van der Waals surface area contributed by atoms with Gasteiger partial charge in [0.25, 0.3) is 0 Å². The largest absolute Gasteiger partial charge is 0.500 e. The Kier molecular flexibility index (Phi) is 62.5. The van der Waals surface area contributed by atoms with Crippen LogP contribution in [0.25, 0.3) is 0 Å². The van der Waals surface area contributed by atoms with Gasteiger partial charge in [0.15, 0.2) is 13.2 Å². The summed E-state index contributed by atoms with van der Waals surface area (Å²) < 4.78 is 294. The quantitative estimate of drug-likeness (QED) is 0.00968. The number of aliphatic imine (C=N–C) groups is 1. The Balaban J connectivity index is -0.000000846. The summed E-state index contributed by atoms with van der Waals surface area (Å²) in [4.78, 5) is 126. The van der Waals surface area contributed by atoms with Gasteiger partial charge < -0.3 is 89.5 Å². The number of isocyanates is 1. The minimum atomic E-state index is -6.65. The first kappa shape index (κ1) is 119. The summed E-state index contributed by atoms with van der Waals surface area (Å²) in [5.74, 6) is -57.9. The molecular weight excluding hydrogens is 1690 g/mol. The molecule has 8 atom stereocenters.